The van der Waals surface area contributed by atoms with E-state index in [9.17, 15) is 4.79 Å². The van der Waals surface area contributed by atoms with Gasteiger partial charge >= 0.3 is 0 Å². The van der Waals surface area contributed by atoms with Crippen LogP contribution < -0.4 is 5.32 Å². The molecule has 0 aliphatic heterocycles. The highest BCUT2D eigenvalue weighted by Gasteiger charge is 2.09. The SMILES string of the molecule is CN(C)C(=O)CCNCC1CC=CCC1. The Morgan fingerprint density at radius 1 is 1.47 bits per heavy atom. The monoisotopic (exact) mass is 210 g/mol. The fourth-order valence-corrected chi connectivity index (χ4v) is 1.77. The molecule has 0 saturated carbocycles. The summed E-state index contributed by atoms with van der Waals surface area (Å²) >= 11 is 0. The summed E-state index contributed by atoms with van der Waals surface area (Å²) in [5, 5.41) is 3.36. The summed E-state index contributed by atoms with van der Waals surface area (Å²) in [7, 11) is 3.60. The summed E-state index contributed by atoms with van der Waals surface area (Å²) < 4.78 is 0. The molecule has 0 aromatic heterocycles. The molecule has 0 spiro atoms. The Morgan fingerprint density at radius 2 is 2.27 bits per heavy atom. The highest BCUT2D eigenvalue weighted by Crippen LogP contribution is 2.16. The number of allylic oxidation sites excluding steroid dienone is 2. The first-order valence-electron chi connectivity index (χ1n) is 5.76. The first-order valence-corrected chi connectivity index (χ1v) is 5.76. The van der Waals surface area contributed by atoms with Crippen LogP contribution in [0.15, 0.2) is 12.2 Å². The van der Waals surface area contributed by atoms with Gasteiger partial charge in [-0.25, -0.2) is 0 Å². The molecule has 1 N–H and O–H groups in total. The Labute approximate surface area is 92.5 Å². The third-order valence-electron chi connectivity index (χ3n) is 2.83. The minimum atomic E-state index is 0.200. The molecule has 0 fully saturated rings. The van der Waals surface area contributed by atoms with E-state index >= 15 is 0 Å². The lowest BCUT2D eigenvalue weighted by molar-refractivity contribution is -0.128. The van der Waals surface area contributed by atoms with E-state index in [0.29, 0.717) is 6.42 Å². The van der Waals surface area contributed by atoms with Gasteiger partial charge in [-0.2, -0.15) is 0 Å². The lowest BCUT2D eigenvalue weighted by Gasteiger charge is -2.18. The van der Waals surface area contributed by atoms with Gasteiger partial charge in [0, 0.05) is 27.1 Å². The Hall–Kier alpha value is -0.830. The van der Waals surface area contributed by atoms with Gasteiger partial charge in [0.2, 0.25) is 5.91 Å². The Balaban J connectivity index is 2.01. The molecule has 86 valence electrons. The van der Waals surface area contributed by atoms with Crippen molar-refractivity contribution in [2.75, 3.05) is 27.2 Å². The van der Waals surface area contributed by atoms with Crippen molar-refractivity contribution in [2.24, 2.45) is 5.92 Å². The molecule has 0 bridgehead atoms. The van der Waals surface area contributed by atoms with E-state index in [1.807, 2.05) is 0 Å². The fraction of sp³-hybridized carbons (Fsp3) is 0.750. The zero-order valence-corrected chi connectivity index (χ0v) is 9.83. The van der Waals surface area contributed by atoms with Crippen molar-refractivity contribution in [2.45, 2.75) is 25.7 Å². The van der Waals surface area contributed by atoms with E-state index in [1.165, 1.54) is 19.3 Å². The molecule has 0 aromatic carbocycles. The van der Waals surface area contributed by atoms with Crippen LogP contribution in [0.3, 0.4) is 0 Å². The summed E-state index contributed by atoms with van der Waals surface area (Å²) in [5.74, 6) is 0.968. The quantitative estimate of drug-likeness (QED) is 0.549. The van der Waals surface area contributed by atoms with Gasteiger partial charge in [0.1, 0.15) is 0 Å². The minimum absolute atomic E-state index is 0.200. The van der Waals surface area contributed by atoms with Crippen LogP contribution in [-0.2, 0) is 4.79 Å². The van der Waals surface area contributed by atoms with E-state index in [-0.39, 0.29) is 5.91 Å². The molecule has 1 aliphatic carbocycles. The third kappa shape index (κ3) is 4.98. The molecule has 1 amide bonds. The molecular formula is C12H22N2O. The second kappa shape index (κ2) is 6.62. The van der Waals surface area contributed by atoms with Crippen LogP contribution in [0.2, 0.25) is 0 Å². The van der Waals surface area contributed by atoms with Crippen molar-refractivity contribution >= 4 is 5.91 Å². The van der Waals surface area contributed by atoms with Gasteiger partial charge in [-0.1, -0.05) is 12.2 Å². The molecule has 1 unspecified atom stereocenters. The second-order valence-electron chi connectivity index (χ2n) is 4.39. The topological polar surface area (TPSA) is 32.3 Å². The molecule has 3 heteroatoms. The van der Waals surface area contributed by atoms with Crippen LogP contribution in [0.5, 0.6) is 0 Å². The van der Waals surface area contributed by atoms with Gasteiger partial charge < -0.3 is 10.2 Å². The van der Waals surface area contributed by atoms with Gasteiger partial charge in [-0.15, -0.1) is 0 Å². The number of amides is 1. The second-order valence-corrected chi connectivity index (χ2v) is 4.39. The molecule has 0 heterocycles. The van der Waals surface area contributed by atoms with Crippen LogP contribution in [-0.4, -0.2) is 38.0 Å². The Bertz CT molecular complexity index is 224. The molecule has 1 rings (SSSR count). The summed E-state index contributed by atoms with van der Waals surface area (Å²) in [4.78, 5) is 12.9. The van der Waals surface area contributed by atoms with Crippen LogP contribution >= 0.6 is 0 Å². The number of hydrogen-bond acceptors (Lipinski definition) is 2. The van der Waals surface area contributed by atoms with Crippen LogP contribution in [0.25, 0.3) is 0 Å². The largest absolute Gasteiger partial charge is 0.349 e. The Morgan fingerprint density at radius 3 is 2.87 bits per heavy atom. The standard InChI is InChI=1S/C12H22N2O/c1-14(2)12(15)8-9-13-10-11-6-4-3-5-7-11/h3-4,11,13H,5-10H2,1-2H3. The van der Waals surface area contributed by atoms with Crippen molar-refractivity contribution in [3.05, 3.63) is 12.2 Å². The summed E-state index contributed by atoms with van der Waals surface area (Å²) in [6.45, 7) is 1.85. The normalized spacial score (nSPS) is 20.3. The summed E-state index contributed by atoms with van der Waals surface area (Å²) in [6, 6.07) is 0. The highest BCUT2D eigenvalue weighted by atomic mass is 16.2. The fourth-order valence-electron chi connectivity index (χ4n) is 1.77. The van der Waals surface area contributed by atoms with E-state index in [0.717, 1.165) is 19.0 Å². The van der Waals surface area contributed by atoms with Gasteiger partial charge in [0.15, 0.2) is 0 Å². The maximum absolute atomic E-state index is 11.3. The number of nitrogens with one attached hydrogen (secondary N) is 1. The first kappa shape index (κ1) is 12.2. The van der Waals surface area contributed by atoms with Crippen molar-refractivity contribution in [3.63, 3.8) is 0 Å². The molecule has 3 nitrogen and oxygen atoms in total. The molecule has 15 heavy (non-hydrogen) atoms. The zero-order chi connectivity index (χ0) is 11.1. The summed E-state index contributed by atoms with van der Waals surface area (Å²) in [5.41, 5.74) is 0. The molecule has 0 saturated heterocycles. The van der Waals surface area contributed by atoms with Gasteiger partial charge in [-0.05, 0) is 31.7 Å². The van der Waals surface area contributed by atoms with Crippen molar-refractivity contribution in [1.29, 1.82) is 0 Å². The van der Waals surface area contributed by atoms with Crippen LogP contribution in [0.1, 0.15) is 25.7 Å². The van der Waals surface area contributed by atoms with Crippen molar-refractivity contribution in [1.82, 2.24) is 10.2 Å². The molecular weight excluding hydrogens is 188 g/mol. The number of nitrogens with zero attached hydrogens (tertiary/aromatic N) is 1. The maximum atomic E-state index is 11.3. The van der Waals surface area contributed by atoms with Gasteiger partial charge in [0.05, 0.1) is 0 Å². The third-order valence-corrected chi connectivity index (χ3v) is 2.83. The Kier molecular flexibility index (Phi) is 5.40. The smallest absolute Gasteiger partial charge is 0.223 e. The number of hydrogen-bond donors (Lipinski definition) is 1. The van der Waals surface area contributed by atoms with E-state index in [2.05, 4.69) is 17.5 Å². The molecule has 1 atom stereocenters. The predicted octanol–water partition coefficient (Wildman–Crippen LogP) is 1.41. The number of rotatable bonds is 5. The van der Waals surface area contributed by atoms with Crippen LogP contribution in [0.4, 0.5) is 0 Å². The van der Waals surface area contributed by atoms with Crippen molar-refractivity contribution in [3.8, 4) is 0 Å². The van der Waals surface area contributed by atoms with Crippen molar-refractivity contribution < 1.29 is 4.79 Å². The average molecular weight is 210 g/mol. The number of carbonyl (C=O) groups excluding carboxylic acids is 1. The highest BCUT2D eigenvalue weighted by molar-refractivity contribution is 5.75. The van der Waals surface area contributed by atoms with Gasteiger partial charge in [0.25, 0.3) is 0 Å². The predicted molar refractivity (Wildman–Crippen MR) is 62.7 cm³/mol. The van der Waals surface area contributed by atoms with Crippen LogP contribution in [0, 0.1) is 5.92 Å². The molecule has 0 aromatic rings. The molecule has 1 aliphatic rings. The summed E-state index contributed by atoms with van der Waals surface area (Å²) in [6.07, 6.45) is 8.81. The lowest BCUT2D eigenvalue weighted by Crippen LogP contribution is -2.29. The lowest BCUT2D eigenvalue weighted by atomic mass is 9.94. The minimum Gasteiger partial charge on any atom is -0.349 e. The maximum Gasteiger partial charge on any atom is 0.223 e. The number of carbonyl (C=O) groups is 1. The van der Waals surface area contributed by atoms with E-state index in [4.69, 9.17) is 0 Å². The average Bonchev–Trinajstić information content (AvgIpc) is 2.25. The van der Waals surface area contributed by atoms with E-state index < -0.39 is 0 Å². The molecule has 0 radical (unpaired) electrons. The van der Waals surface area contributed by atoms with E-state index in [1.54, 1.807) is 19.0 Å². The van der Waals surface area contributed by atoms with Gasteiger partial charge in [-0.3, -0.25) is 4.79 Å². The zero-order valence-electron chi connectivity index (χ0n) is 9.83. The first-order chi connectivity index (χ1) is 7.20.